The van der Waals surface area contributed by atoms with E-state index in [-0.39, 0.29) is 11.6 Å². The molecule has 0 fully saturated rings. The van der Waals surface area contributed by atoms with Crippen molar-refractivity contribution in [1.82, 2.24) is 4.90 Å². The number of phenolic OH excluding ortho intramolecular Hbond substituents is 2. The molecule has 2 aromatic rings. The summed E-state index contributed by atoms with van der Waals surface area (Å²) in [4.78, 5) is 13.0. The van der Waals surface area contributed by atoms with Gasteiger partial charge >= 0.3 is 5.69 Å². The van der Waals surface area contributed by atoms with E-state index in [1.807, 2.05) is 32.2 Å². The summed E-state index contributed by atoms with van der Waals surface area (Å²) in [6.45, 7) is 3.35. The summed E-state index contributed by atoms with van der Waals surface area (Å²) in [5, 5.41) is 31.4. The van der Waals surface area contributed by atoms with Crippen LogP contribution in [0.15, 0.2) is 30.3 Å². The molecule has 0 amide bonds. The number of nitro groups is 1. The maximum Gasteiger partial charge on any atom is 0.318 e. The summed E-state index contributed by atoms with van der Waals surface area (Å²) in [6, 6.07) is 9.50. The maximum atomic E-state index is 11.5. The Kier molecular flexibility index (Phi) is 4.15. The number of nitro benzene ring substituents is 1. The molecule has 1 aliphatic heterocycles. The van der Waals surface area contributed by atoms with Gasteiger partial charge in [0.1, 0.15) is 0 Å². The molecule has 0 aromatic heterocycles. The van der Waals surface area contributed by atoms with Gasteiger partial charge in [0.15, 0.2) is 5.75 Å². The van der Waals surface area contributed by atoms with Gasteiger partial charge in [-0.1, -0.05) is 29.8 Å². The van der Waals surface area contributed by atoms with E-state index >= 15 is 0 Å². The standard InChI is InChI=1S/C18H20N2O4/c1-11-4-3-5-12(8-11)15-10-19(2)7-6-13-14(15)9-16(21)18(22)17(13)20(23)24/h3-5,8-9,15,21-22H,6-7,10H2,1-2H3. The lowest BCUT2D eigenvalue weighted by Gasteiger charge is -2.22. The van der Waals surface area contributed by atoms with Crippen LogP contribution in [0.4, 0.5) is 5.69 Å². The van der Waals surface area contributed by atoms with E-state index in [0.29, 0.717) is 30.6 Å². The molecule has 0 bridgehead atoms. The first kappa shape index (κ1) is 16.3. The normalized spacial score (nSPS) is 18.0. The highest BCUT2D eigenvalue weighted by atomic mass is 16.6. The number of rotatable bonds is 2. The van der Waals surface area contributed by atoms with Crippen molar-refractivity contribution in [3.8, 4) is 11.5 Å². The van der Waals surface area contributed by atoms with Crippen molar-refractivity contribution in [2.24, 2.45) is 0 Å². The number of hydrogen-bond donors (Lipinski definition) is 2. The molecule has 2 aromatic carbocycles. The molecule has 3 rings (SSSR count). The number of aryl methyl sites for hydroxylation is 1. The Labute approximate surface area is 140 Å². The van der Waals surface area contributed by atoms with Crippen molar-refractivity contribution < 1.29 is 15.1 Å². The van der Waals surface area contributed by atoms with Gasteiger partial charge in [-0.05, 0) is 37.6 Å². The Balaban J connectivity index is 2.25. The van der Waals surface area contributed by atoms with E-state index in [2.05, 4.69) is 11.0 Å². The van der Waals surface area contributed by atoms with Gasteiger partial charge in [-0.2, -0.15) is 0 Å². The van der Waals surface area contributed by atoms with Crippen LogP contribution >= 0.6 is 0 Å². The van der Waals surface area contributed by atoms with E-state index < -0.39 is 16.4 Å². The zero-order valence-corrected chi connectivity index (χ0v) is 13.7. The number of phenols is 2. The molecule has 126 valence electrons. The molecule has 1 atom stereocenters. The summed E-state index contributed by atoms with van der Waals surface area (Å²) in [5.74, 6) is -1.19. The van der Waals surface area contributed by atoms with Gasteiger partial charge in [0, 0.05) is 24.6 Å². The third kappa shape index (κ3) is 2.80. The highest BCUT2D eigenvalue weighted by Gasteiger charge is 2.32. The van der Waals surface area contributed by atoms with Gasteiger partial charge in [0.2, 0.25) is 5.75 Å². The second kappa shape index (κ2) is 6.13. The molecular weight excluding hydrogens is 308 g/mol. The average molecular weight is 328 g/mol. The smallest absolute Gasteiger partial charge is 0.318 e. The molecule has 24 heavy (non-hydrogen) atoms. The summed E-state index contributed by atoms with van der Waals surface area (Å²) >= 11 is 0. The minimum absolute atomic E-state index is 0.0994. The second-order valence-corrected chi connectivity index (χ2v) is 6.40. The summed E-state index contributed by atoms with van der Waals surface area (Å²) in [5.41, 5.74) is 3.00. The zero-order chi connectivity index (χ0) is 17.4. The average Bonchev–Trinajstić information content (AvgIpc) is 2.68. The molecule has 2 N–H and O–H groups in total. The molecule has 1 unspecified atom stereocenters. The number of nitrogens with zero attached hydrogens (tertiary/aromatic N) is 2. The first-order valence-corrected chi connectivity index (χ1v) is 7.85. The highest BCUT2D eigenvalue weighted by Crippen LogP contribution is 2.45. The SMILES string of the molecule is Cc1cccc(C2CN(C)CCc3c2cc(O)c(O)c3[N+](=O)[O-])c1. The predicted octanol–water partition coefficient (Wildman–Crippen LogP) is 2.93. The summed E-state index contributed by atoms with van der Waals surface area (Å²) < 4.78 is 0. The van der Waals surface area contributed by atoms with Crippen LogP contribution in [0.3, 0.4) is 0 Å². The Hall–Kier alpha value is -2.60. The Bertz CT molecular complexity index is 804. The number of fused-ring (bicyclic) bond motifs is 1. The number of benzene rings is 2. The van der Waals surface area contributed by atoms with Gasteiger partial charge in [-0.3, -0.25) is 10.1 Å². The van der Waals surface area contributed by atoms with Gasteiger partial charge in [-0.15, -0.1) is 0 Å². The van der Waals surface area contributed by atoms with Gasteiger partial charge < -0.3 is 15.1 Å². The fourth-order valence-electron chi connectivity index (χ4n) is 3.45. The molecule has 6 heteroatoms. The minimum Gasteiger partial charge on any atom is -0.504 e. The van der Waals surface area contributed by atoms with Crippen molar-refractivity contribution in [2.75, 3.05) is 20.1 Å². The molecule has 6 nitrogen and oxygen atoms in total. The summed E-state index contributed by atoms with van der Waals surface area (Å²) in [7, 11) is 1.97. The summed E-state index contributed by atoms with van der Waals surface area (Å²) in [6.07, 6.45) is 0.457. The van der Waals surface area contributed by atoms with Gasteiger partial charge in [0.05, 0.1) is 4.92 Å². The van der Waals surface area contributed by atoms with Crippen LogP contribution in [0, 0.1) is 17.0 Å². The third-order valence-corrected chi connectivity index (χ3v) is 4.63. The first-order chi connectivity index (χ1) is 11.4. The fraction of sp³-hybridized carbons (Fsp3) is 0.333. The molecule has 0 spiro atoms. The molecule has 0 aliphatic carbocycles. The maximum absolute atomic E-state index is 11.5. The Morgan fingerprint density at radius 2 is 2.04 bits per heavy atom. The van der Waals surface area contributed by atoms with Gasteiger partial charge in [-0.25, -0.2) is 0 Å². The number of hydrogen-bond acceptors (Lipinski definition) is 5. The molecule has 1 aliphatic rings. The fourth-order valence-corrected chi connectivity index (χ4v) is 3.45. The van der Waals surface area contributed by atoms with Crippen molar-refractivity contribution >= 4 is 5.69 Å². The second-order valence-electron chi connectivity index (χ2n) is 6.40. The van der Waals surface area contributed by atoms with E-state index in [1.54, 1.807) is 0 Å². The molecule has 1 heterocycles. The first-order valence-electron chi connectivity index (χ1n) is 7.85. The van der Waals surface area contributed by atoms with Gasteiger partial charge in [0.25, 0.3) is 0 Å². The Morgan fingerprint density at radius 1 is 1.29 bits per heavy atom. The van der Waals surface area contributed by atoms with E-state index in [1.165, 1.54) is 6.07 Å². The zero-order valence-electron chi connectivity index (χ0n) is 13.7. The van der Waals surface area contributed by atoms with E-state index in [0.717, 1.165) is 11.1 Å². The van der Waals surface area contributed by atoms with Crippen molar-refractivity contribution in [3.63, 3.8) is 0 Å². The lowest BCUT2D eigenvalue weighted by Crippen LogP contribution is -2.24. The molecule has 0 saturated carbocycles. The van der Waals surface area contributed by atoms with Crippen LogP contribution in [0.5, 0.6) is 11.5 Å². The number of likely N-dealkylation sites (N-methyl/N-ethyl adjacent to an activating group) is 1. The van der Waals surface area contributed by atoms with Crippen LogP contribution in [0.2, 0.25) is 0 Å². The van der Waals surface area contributed by atoms with Crippen molar-refractivity contribution in [3.05, 3.63) is 62.7 Å². The lowest BCUT2D eigenvalue weighted by atomic mass is 9.86. The van der Waals surface area contributed by atoms with Crippen LogP contribution in [0.1, 0.15) is 28.2 Å². The Morgan fingerprint density at radius 3 is 2.71 bits per heavy atom. The predicted molar refractivity (Wildman–Crippen MR) is 90.6 cm³/mol. The van der Waals surface area contributed by atoms with Crippen LogP contribution < -0.4 is 0 Å². The quantitative estimate of drug-likeness (QED) is 0.503. The van der Waals surface area contributed by atoms with Crippen LogP contribution in [0.25, 0.3) is 0 Å². The molecule has 0 saturated heterocycles. The highest BCUT2D eigenvalue weighted by molar-refractivity contribution is 5.64. The van der Waals surface area contributed by atoms with Crippen LogP contribution in [-0.2, 0) is 6.42 Å². The van der Waals surface area contributed by atoms with E-state index in [4.69, 9.17) is 0 Å². The minimum atomic E-state index is -0.647. The monoisotopic (exact) mass is 328 g/mol. The van der Waals surface area contributed by atoms with E-state index in [9.17, 15) is 20.3 Å². The topological polar surface area (TPSA) is 86.8 Å². The molecule has 0 radical (unpaired) electrons. The van der Waals surface area contributed by atoms with Crippen LogP contribution in [-0.4, -0.2) is 40.2 Å². The third-order valence-electron chi connectivity index (χ3n) is 4.63. The van der Waals surface area contributed by atoms with Crippen molar-refractivity contribution in [2.45, 2.75) is 19.3 Å². The lowest BCUT2D eigenvalue weighted by molar-refractivity contribution is -0.386. The van der Waals surface area contributed by atoms with Crippen molar-refractivity contribution in [1.29, 1.82) is 0 Å². The number of aromatic hydroxyl groups is 2. The molecular formula is C18H20N2O4. The largest absolute Gasteiger partial charge is 0.504 e.